The molecule has 0 fully saturated rings. The van der Waals surface area contributed by atoms with Crippen LogP contribution in [0.4, 0.5) is 10.7 Å². The van der Waals surface area contributed by atoms with Crippen LogP contribution in [-0.2, 0) is 12.8 Å². The molecule has 2 aromatic rings. The van der Waals surface area contributed by atoms with Crippen LogP contribution in [0.3, 0.4) is 0 Å². The summed E-state index contributed by atoms with van der Waals surface area (Å²) in [6.45, 7) is 1.99. The van der Waals surface area contributed by atoms with Crippen LogP contribution in [0.5, 0.6) is 11.5 Å². The smallest absolute Gasteiger partial charge is 0.274 e. The van der Waals surface area contributed by atoms with E-state index in [2.05, 4.69) is 11.1 Å². The van der Waals surface area contributed by atoms with Crippen LogP contribution in [0.15, 0.2) is 17.1 Å². The van der Waals surface area contributed by atoms with Crippen molar-refractivity contribution in [2.24, 2.45) is 4.99 Å². The molecular weight excluding hydrogens is 354 g/mol. The molecule has 1 aromatic carbocycles. The zero-order chi connectivity index (χ0) is 18.7. The van der Waals surface area contributed by atoms with Gasteiger partial charge in [-0.15, -0.1) is 11.3 Å². The second kappa shape index (κ2) is 7.54. The van der Waals surface area contributed by atoms with Gasteiger partial charge in [0.25, 0.3) is 5.69 Å². The molecule has 26 heavy (non-hydrogen) atoms. The quantitative estimate of drug-likeness (QED) is 0.480. The Balaban J connectivity index is 2.02. The van der Waals surface area contributed by atoms with E-state index in [0.29, 0.717) is 10.6 Å². The predicted molar refractivity (Wildman–Crippen MR) is 98.9 cm³/mol. The Hall–Kier alpha value is -2.92. The first-order valence-corrected chi connectivity index (χ1v) is 9.09. The van der Waals surface area contributed by atoms with Gasteiger partial charge < -0.3 is 9.84 Å². The van der Waals surface area contributed by atoms with E-state index < -0.39 is 4.92 Å². The fourth-order valence-electron chi connectivity index (χ4n) is 2.97. The van der Waals surface area contributed by atoms with Crippen LogP contribution in [0, 0.1) is 21.4 Å². The number of phenolic OH excluding ortho intramolecular Hbond substituents is 1. The summed E-state index contributed by atoms with van der Waals surface area (Å²) in [6, 6.07) is 4.64. The average Bonchev–Trinajstić information content (AvgIpc) is 2.99. The highest BCUT2D eigenvalue weighted by molar-refractivity contribution is 7.16. The number of phenols is 1. The van der Waals surface area contributed by atoms with Crippen molar-refractivity contribution in [1.82, 2.24) is 0 Å². The maximum absolute atomic E-state index is 11.1. The topological polar surface area (TPSA) is 109 Å². The third-order valence-electron chi connectivity index (χ3n) is 4.19. The molecule has 0 radical (unpaired) electrons. The summed E-state index contributed by atoms with van der Waals surface area (Å²) in [5.74, 6) is -0.171. The Morgan fingerprint density at radius 3 is 2.92 bits per heavy atom. The van der Waals surface area contributed by atoms with Crippen molar-refractivity contribution in [2.75, 3.05) is 6.61 Å². The summed E-state index contributed by atoms with van der Waals surface area (Å²) in [4.78, 5) is 16.1. The van der Waals surface area contributed by atoms with Crippen LogP contribution < -0.4 is 4.74 Å². The van der Waals surface area contributed by atoms with Crippen LogP contribution in [-0.4, -0.2) is 22.9 Å². The van der Waals surface area contributed by atoms with Crippen LogP contribution in [0.2, 0.25) is 0 Å². The molecule has 7 nitrogen and oxygen atoms in total. The van der Waals surface area contributed by atoms with Crippen molar-refractivity contribution in [3.05, 3.63) is 43.8 Å². The van der Waals surface area contributed by atoms with Crippen molar-refractivity contribution >= 4 is 28.2 Å². The lowest BCUT2D eigenvalue weighted by molar-refractivity contribution is -0.385. The van der Waals surface area contributed by atoms with Crippen molar-refractivity contribution in [2.45, 2.75) is 32.6 Å². The van der Waals surface area contributed by atoms with Gasteiger partial charge in [0, 0.05) is 22.7 Å². The van der Waals surface area contributed by atoms with Gasteiger partial charge in [-0.2, -0.15) is 5.26 Å². The van der Waals surface area contributed by atoms with Gasteiger partial charge in [-0.05, 0) is 38.2 Å². The molecule has 0 saturated carbocycles. The molecule has 1 aliphatic carbocycles. The van der Waals surface area contributed by atoms with Crippen LogP contribution in [0.25, 0.3) is 0 Å². The number of nitrogens with zero attached hydrogens (tertiary/aromatic N) is 3. The fraction of sp³-hybridized carbons (Fsp3) is 0.333. The molecule has 1 heterocycles. The Morgan fingerprint density at radius 1 is 1.46 bits per heavy atom. The van der Waals surface area contributed by atoms with Crippen LogP contribution in [0.1, 0.15) is 41.3 Å². The van der Waals surface area contributed by atoms with E-state index in [9.17, 15) is 20.5 Å². The number of aromatic hydroxyl groups is 1. The standard InChI is InChI=1S/C18H17N3O4S/c1-2-25-15-8-12(21(23)24)7-11(17(15)22)10-20-18-14(9-19)13-5-3-4-6-16(13)26-18/h7-8,10,22H,2-6H2,1H3. The summed E-state index contributed by atoms with van der Waals surface area (Å²) in [6.07, 6.45) is 5.33. The molecule has 0 unspecified atom stereocenters. The summed E-state index contributed by atoms with van der Waals surface area (Å²) >= 11 is 1.47. The number of non-ortho nitro benzene ring substituents is 1. The van der Waals surface area contributed by atoms with Crippen molar-refractivity contribution in [3.63, 3.8) is 0 Å². The minimum absolute atomic E-state index is 0.0362. The van der Waals surface area contributed by atoms with E-state index in [1.165, 1.54) is 34.6 Å². The molecule has 0 amide bonds. The summed E-state index contributed by atoms with van der Waals surface area (Å²) in [7, 11) is 0. The third-order valence-corrected chi connectivity index (χ3v) is 5.39. The van der Waals surface area contributed by atoms with Gasteiger partial charge in [0.15, 0.2) is 11.5 Å². The number of thiophene rings is 1. The van der Waals surface area contributed by atoms with Gasteiger partial charge in [0.2, 0.25) is 0 Å². The Morgan fingerprint density at radius 2 is 2.23 bits per heavy atom. The number of nitriles is 1. The van der Waals surface area contributed by atoms with E-state index in [-0.39, 0.29) is 29.4 Å². The fourth-order valence-corrected chi connectivity index (χ4v) is 4.15. The molecule has 0 saturated heterocycles. The van der Waals surface area contributed by atoms with Crippen molar-refractivity contribution in [1.29, 1.82) is 5.26 Å². The Bertz CT molecular complexity index is 927. The molecule has 3 rings (SSSR count). The molecule has 0 bridgehead atoms. The highest BCUT2D eigenvalue weighted by atomic mass is 32.1. The first-order chi connectivity index (χ1) is 12.5. The lowest BCUT2D eigenvalue weighted by atomic mass is 9.96. The minimum atomic E-state index is -0.552. The molecule has 1 aromatic heterocycles. The van der Waals surface area contributed by atoms with E-state index >= 15 is 0 Å². The first kappa shape index (κ1) is 17.9. The lowest BCUT2D eigenvalue weighted by Crippen LogP contribution is -1.99. The monoisotopic (exact) mass is 371 g/mol. The predicted octanol–water partition coefficient (Wildman–Crippen LogP) is 4.26. The summed E-state index contributed by atoms with van der Waals surface area (Å²) in [5, 5.41) is 31.4. The number of hydrogen-bond donors (Lipinski definition) is 1. The molecular formula is C18H17N3O4S. The third kappa shape index (κ3) is 3.39. The van der Waals surface area contributed by atoms with E-state index in [1.54, 1.807) is 6.92 Å². The highest BCUT2D eigenvalue weighted by Gasteiger charge is 2.21. The SMILES string of the molecule is CCOc1cc([N+](=O)[O-])cc(C=Nc2sc3c(c2C#N)CCCC3)c1O. The van der Waals surface area contributed by atoms with Crippen molar-refractivity contribution in [3.8, 4) is 17.6 Å². The normalized spacial score (nSPS) is 13.4. The molecule has 0 aliphatic heterocycles. The van der Waals surface area contributed by atoms with Gasteiger partial charge in [0.05, 0.1) is 23.2 Å². The van der Waals surface area contributed by atoms with E-state index in [0.717, 1.165) is 31.2 Å². The van der Waals surface area contributed by atoms with Gasteiger partial charge in [0.1, 0.15) is 11.1 Å². The molecule has 0 spiro atoms. The largest absolute Gasteiger partial charge is 0.504 e. The minimum Gasteiger partial charge on any atom is -0.504 e. The number of ether oxygens (including phenoxy) is 1. The lowest BCUT2D eigenvalue weighted by Gasteiger charge is -2.09. The number of aryl methyl sites for hydroxylation is 1. The number of nitro benzene ring substituents is 1. The maximum Gasteiger partial charge on any atom is 0.274 e. The van der Waals surface area contributed by atoms with Gasteiger partial charge in [-0.1, -0.05) is 0 Å². The van der Waals surface area contributed by atoms with E-state index in [1.807, 2.05) is 0 Å². The second-order valence-corrected chi connectivity index (χ2v) is 6.92. The molecule has 134 valence electrons. The number of rotatable bonds is 5. The number of fused-ring (bicyclic) bond motifs is 1. The van der Waals surface area contributed by atoms with Gasteiger partial charge in [-0.3, -0.25) is 10.1 Å². The second-order valence-electron chi connectivity index (χ2n) is 5.83. The number of hydrogen-bond acceptors (Lipinski definition) is 7. The zero-order valence-electron chi connectivity index (χ0n) is 14.2. The van der Waals surface area contributed by atoms with Crippen molar-refractivity contribution < 1.29 is 14.8 Å². The summed E-state index contributed by atoms with van der Waals surface area (Å²) in [5.41, 5.74) is 1.61. The first-order valence-electron chi connectivity index (χ1n) is 8.28. The number of nitro groups is 1. The Labute approximate surface area is 154 Å². The average molecular weight is 371 g/mol. The van der Waals surface area contributed by atoms with Gasteiger partial charge in [-0.25, -0.2) is 4.99 Å². The molecule has 1 aliphatic rings. The number of aliphatic imine (C=N–C) groups is 1. The molecule has 1 N–H and O–H groups in total. The summed E-state index contributed by atoms with van der Waals surface area (Å²) < 4.78 is 5.27. The number of benzene rings is 1. The maximum atomic E-state index is 11.1. The Kier molecular flexibility index (Phi) is 5.19. The highest BCUT2D eigenvalue weighted by Crippen LogP contribution is 2.40. The molecule has 8 heteroatoms. The molecule has 0 atom stereocenters. The van der Waals surface area contributed by atoms with E-state index in [4.69, 9.17) is 4.74 Å². The van der Waals surface area contributed by atoms with Gasteiger partial charge >= 0.3 is 0 Å². The van der Waals surface area contributed by atoms with Crippen LogP contribution >= 0.6 is 11.3 Å². The zero-order valence-corrected chi connectivity index (χ0v) is 15.0.